The average molecular weight is 121 g/mol. The molecule has 0 N–H and O–H groups in total. The second-order valence-electron chi connectivity index (χ2n) is 1.65. The summed E-state index contributed by atoms with van der Waals surface area (Å²) < 4.78 is 0. The molecular formula is C9H13. The van der Waals surface area contributed by atoms with Gasteiger partial charge in [0.15, 0.2) is 0 Å². The van der Waals surface area contributed by atoms with Crippen LogP contribution in [0.1, 0.15) is 12.5 Å². The van der Waals surface area contributed by atoms with Crippen LogP contribution in [0, 0.1) is 13.8 Å². The van der Waals surface area contributed by atoms with Gasteiger partial charge in [-0.25, -0.2) is 0 Å². The molecule has 49 valence electrons. The molecule has 1 radical (unpaired) electrons. The summed E-state index contributed by atoms with van der Waals surface area (Å²) >= 11 is 0. The first-order valence-electron chi connectivity index (χ1n) is 3.12. The molecule has 0 nitrogen and oxygen atoms in total. The highest BCUT2D eigenvalue weighted by Crippen LogP contribution is 1.92. The third-order valence-corrected chi connectivity index (χ3v) is 0.940. The van der Waals surface area contributed by atoms with Crippen LogP contribution in [0.15, 0.2) is 30.3 Å². The lowest BCUT2D eigenvalue weighted by Crippen LogP contribution is -1.62. The van der Waals surface area contributed by atoms with E-state index in [1.54, 1.807) is 6.92 Å². The Hall–Kier alpha value is -0.780. The van der Waals surface area contributed by atoms with Crippen molar-refractivity contribution in [2.24, 2.45) is 0 Å². The van der Waals surface area contributed by atoms with Crippen molar-refractivity contribution in [3.8, 4) is 0 Å². The van der Waals surface area contributed by atoms with Gasteiger partial charge in [-0.2, -0.15) is 0 Å². The number of hydrogen-bond donors (Lipinski definition) is 0. The zero-order chi connectivity index (χ0) is 7.11. The van der Waals surface area contributed by atoms with Crippen molar-refractivity contribution in [3.05, 3.63) is 42.8 Å². The Morgan fingerprint density at radius 1 is 1.00 bits per heavy atom. The monoisotopic (exact) mass is 121 g/mol. The lowest BCUT2D eigenvalue weighted by atomic mass is 10.2. The number of rotatable bonds is 0. The molecule has 0 unspecified atom stereocenters. The van der Waals surface area contributed by atoms with E-state index in [0.29, 0.717) is 0 Å². The van der Waals surface area contributed by atoms with Crippen LogP contribution in [0.3, 0.4) is 0 Å². The molecule has 0 heteroatoms. The van der Waals surface area contributed by atoms with Crippen molar-refractivity contribution in [1.29, 1.82) is 0 Å². The van der Waals surface area contributed by atoms with Gasteiger partial charge in [0.2, 0.25) is 0 Å². The van der Waals surface area contributed by atoms with Gasteiger partial charge in [0, 0.05) is 0 Å². The van der Waals surface area contributed by atoms with Crippen LogP contribution < -0.4 is 0 Å². The lowest BCUT2D eigenvalue weighted by Gasteiger charge is -1.82. The van der Waals surface area contributed by atoms with E-state index in [-0.39, 0.29) is 0 Å². The van der Waals surface area contributed by atoms with E-state index in [0.717, 1.165) is 0 Å². The van der Waals surface area contributed by atoms with Gasteiger partial charge in [-0.15, -0.1) is 0 Å². The Bertz CT molecular complexity index is 130. The Labute approximate surface area is 57.5 Å². The van der Waals surface area contributed by atoms with Crippen LogP contribution in [0.5, 0.6) is 0 Å². The van der Waals surface area contributed by atoms with Gasteiger partial charge in [0.1, 0.15) is 0 Å². The van der Waals surface area contributed by atoms with Crippen LogP contribution >= 0.6 is 0 Å². The number of benzene rings is 1. The van der Waals surface area contributed by atoms with E-state index >= 15 is 0 Å². The van der Waals surface area contributed by atoms with Crippen LogP contribution in [-0.4, -0.2) is 0 Å². The fourth-order valence-electron chi connectivity index (χ4n) is 0.534. The van der Waals surface area contributed by atoms with E-state index in [1.165, 1.54) is 5.56 Å². The highest BCUT2D eigenvalue weighted by atomic mass is 13.8. The minimum atomic E-state index is 1.32. The normalized spacial score (nSPS) is 7.44. The molecule has 0 bridgehead atoms. The van der Waals surface area contributed by atoms with E-state index in [4.69, 9.17) is 0 Å². The van der Waals surface area contributed by atoms with Gasteiger partial charge in [-0.1, -0.05) is 49.7 Å². The van der Waals surface area contributed by atoms with Gasteiger partial charge in [0.05, 0.1) is 0 Å². The first kappa shape index (κ1) is 8.22. The summed E-state index contributed by atoms with van der Waals surface area (Å²) in [6, 6.07) is 10.3. The second-order valence-corrected chi connectivity index (χ2v) is 1.65. The zero-order valence-electron chi connectivity index (χ0n) is 6.09. The highest BCUT2D eigenvalue weighted by molar-refractivity contribution is 5.11. The molecule has 0 saturated carbocycles. The van der Waals surface area contributed by atoms with Crippen LogP contribution in [0.2, 0.25) is 0 Å². The second kappa shape index (κ2) is 5.36. The molecular weight excluding hydrogens is 108 g/mol. The molecule has 0 saturated heterocycles. The van der Waals surface area contributed by atoms with E-state index in [2.05, 4.69) is 26.0 Å². The van der Waals surface area contributed by atoms with Gasteiger partial charge < -0.3 is 0 Å². The molecule has 0 aromatic heterocycles. The van der Waals surface area contributed by atoms with Gasteiger partial charge in [0.25, 0.3) is 0 Å². The van der Waals surface area contributed by atoms with Crippen molar-refractivity contribution >= 4 is 0 Å². The van der Waals surface area contributed by atoms with Crippen LogP contribution in [0.4, 0.5) is 0 Å². The highest BCUT2D eigenvalue weighted by Gasteiger charge is 1.72. The number of hydrogen-bond acceptors (Lipinski definition) is 0. The molecule has 0 aliphatic rings. The Kier molecular flexibility index (Phi) is 4.89. The molecule has 1 aromatic rings. The molecule has 1 rings (SSSR count). The molecule has 0 amide bonds. The maximum atomic E-state index is 3.25. The molecule has 0 fully saturated rings. The standard InChI is InChI=1S/C7H8.C2H5/c1-7-5-3-2-4-6-7;1-2/h2-6H,1H3;1H2,2H3. The Morgan fingerprint density at radius 3 is 1.67 bits per heavy atom. The molecule has 9 heavy (non-hydrogen) atoms. The predicted octanol–water partition coefficient (Wildman–Crippen LogP) is 2.84. The Morgan fingerprint density at radius 2 is 1.44 bits per heavy atom. The number of aryl methyl sites for hydroxylation is 1. The third-order valence-electron chi connectivity index (χ3n) is 0.940. The summed E-state index contributed by atoms with van der Waals surface area (Å²) in [5.74, 6) is 0. The first-order valence-corrected chi connectivity index (χ1v) is 3.12. The fraction of sp³-hybridized carbons (Fsp3) is 0.222. The van der Waals surface area contributed by atoms with Crippen molar-refractivity contribution in [2.45, 2.75) is 13.8 Å². The predicted molar refractivity (Wildman–Crippen MR) is 42.2 cm³/mol. The van der Waals surface area contributed by atoms with E-state index in [9.17, 15) is 0 Å². The average Bonchev–Trinajstić information content (AvgIpc) is 1.94. The van der Waals surface area contributed by atoms with E-state index < -0.39 is 0 Å². The summed E-state index contributed by atoms with van der Waals surface area (Å²) in [4.78, 5) is 0. The zero-order valence-corrected chi connectivity index (χ0v) is 6.09. The molecule has 0 atom stereocenters. The van der Waals surface area contributed by atoms with Crippen molar-refractivity contribution < 1.29 is 0 Å². The maximum absolute atomic E-state index is 3.25. The largest absolute Gasteiger partial charge is 0.0654 e. The van der Waals surface area contributed by atoms with Gasteiger partial charge >= 0.3 is 0 Å². The van der Waals surface area contributed by atoms with Gasteiger partial charge in [-0.3, -0.25) is 0 Å². The summed E-state index contributed by atoms with van der Waals surface area (Å²) in [6.07, 6.45) is 0. The molecule has 0 spiro atoms. The van der Waals surface area contributed by atoms with E-state index in [1.807, 2.05) is 18.2 Å². The lowest BCUT2D eigenvalue weighted by molar-refractivity contribution is 1.48. The molecule has 0 aliphatic heterocycles. The third kappa shape index (κ3) is 3.77. The summed E-state index contributed by atoms with van der Waals surface area (Å²) in [6.45, 7) is 7.08. The van der Waals surface area contributed by atoms with Crippen LogP contribution in [0.25, 0.3) is 0 Å². The van der Waals surface area contributed by atoms with Crippen molar-refractivity contribution in [1.82, 2.24) is 0 Å². The molecule has 0 heterocycles. The van der Waals surface area contributed by atoms with Gasteiger partial charge in [-0.05, 0) is 6.92 Å². The SMILES string of the molecule is Cc1ccccc1.[CH2]C. The smallest absolute Gasteiger partial charge is 0.0398 e. The maximum Gasteiger partial charge on any atom is -0.0398 e. The summed E-state index contributed by atoms with van der Waals surface area (Å²) in [7, 11) is 0. The molecule has 1 aromatic carbocycles. The van der Waals surface area contributed by atoms with Crippen molar-refractivity contribution in [3.63, 3.8) is 0 Å². The topological polar surface area (TPSA) is 0 Å². The molecule has 0 aliphatic carbocycles. The summed E-state index contributed by atoms with van der Waals surface area (Å²) in [5.41, 5.74) is 1.32. The summed E-state index contributed by atoms with van der Waals surface area (Å²) in [5, 5.41) is 0. The van der Waals surface area contributed by atoms with Crippen molar-refractivity contribution in [2.75, 3.05) is 0 Å². The first-order chi connectivity index (χ1) is 4.39. The minimum Gasteiger partial charge on any atom is -0.0654 e. The van der Waals surface area contributed by atoms with Crippen LogP contribution in [-0.2, 0) is 0 Å². The minimum absolute atomic E-state index is 1.32. The quantitative estimate of drug-likeness (QED) is 0.495. The fourth-order valence-corrected chi connectivity index (χ4v) is 0.534. The Balaban J connectivity index is 0.000000291.